The van der Waals surface area contributed by atoms with Gasteiger partial charge in [-0.1, -0.05) is 50.3 Å². The molecule has 6 atom stereocenters. The van der Waals surface area contributed by atoms with Crippen LogP contribution in [0.25, 0.3) is 0 Å². The molecule has 45 heavy (non-hydrogen) atoms. The second-order valence-corrected chi connectivity index (χ2v) is 13.3. The Kier molecular flexibility index (Phi) is 11.2. The van der Waals surface area contributed by atoms with Gasteiger partial charge >= 0.3 is 0 Å². The number of benzene rings is 1. The zero-order chi connectivity index (χ0) is 32.0. The number of hydrogen-bond donors (Lipinski definition) is 6. The van der Waals surface area contributed by atoms with Gasteiger partial charge in [-0.2, -0.15) is 0 Å². The number of ketones is 2. The fourth-order valence-corrected chi connectivity index (χ4v) is 8.20. The molecule has 0 saturated carbocycles. The summed E-state index contributed by atoms with van der Waals surface area (Å²) < 4.78 is 5.65. The highest BCUT2D eigenvalue weighted by atomic mass is 16.5. The molecular formula is C36H51N3O6. The molecule has 9 nitrogen and oxygen atoms in total. The minimum Gasteiger partial charge on any atom is -0.504 e. The third-order valence-corrected chi connectivity index (χ3v) is 10.4. The molecule has 2 aromatic rings. The van der Waals surface area contributed by atoms with E-state index in [1.54, 1.807) is 6.07 Å². The number of ether oxygens (including phenoxy) is 1. The molecule has 0 spiro atoms. The Hall–Kier alpha value is -2.98. The summed E-state index contributed by atoms with van der Waals surface area (Å²) in [6, 6.07) is 7.68. The van der Waals surface area contributed by atoms with Crippen molar-refractivity contribution in [1.29, 1.82) is 0 Å². The number of phenols is 1. The van der Waals surface area contributed by atoms with Crippen molar-refractivity contribution in [3.8, 4) is 11.5 Å². The molecule has 246 valence electrons. The average Bonchev–Trinajstić information content (AvgIpc) is 3.57. The fourth-order valence-electron chi connectivity index (χ4n) is 8.20. The molecule has 0 unspecified atom stereocenters. The van der Waals surface area contributed by atoms with Crippen LogP contribution in [0.15, 0.2) is 42.1 Å². The highest BCUT2D eigenvalue weighted by Crippen LogP contribution is 2.58. The van der Waals surface area contributed by atoms with Gasteiger partial charge in [0.15, 0.2) is 29.2 Å². The van der Waals surface area contributed by atoms with Gasteiger partial charge < -0.3 is 35.7 Å². The number of aliphatic hydroxyl groups is 2. The van der Waals surface area contributed by atoms with Crippen LogP contribution in [-0.4, -0.2) is 70.9 Å². The molecule has 6 N–H and O–H groups in total. The number of carbonyl (C=O) groups is 2. The molecule has 2 fully saturated rings. The first-order valence-electron chi connectivity index (χ1n) is 16.9. The summed E-state index contributed by atoms with van der Waals surface area (Å²) in [7, 11) is 1.51. The lowest BCUT2D eigenvalue weighted by Gasteiger charge is -2.55. The number of unbranched alkanes of at least 4 members (excludes halogenated alkanes) is 4. The first-order valence-corrected chi connectivity index (χ1v) is 16.9. The second-order valence-electron chi connectivity index (χ2n) is 13.3. The number of methoxy groups -OCH3 is 1. The number of phenolic OH excluding ortho intramolecular Hbond substituents is 1. The van der Waals surface area contributed by atoms with Gasteiger partial charge in [0.25, 0.3) is 0 Å². The summed E-state index contributed by atoms with van der Waals surface area (Å²) in [6.07, 6.45) is 10.5. The normalized spacial score (nSPS) is 26.5. The monoisotopic (exact) mass is 621 g/mol. The number of aromatic nitrogens is 1. The lowest BCUT2D eigenvalue weighted by atomic mass is 9.53. The standard InChI is InChI=1S/C36H51N3O6/c1-3-4-5-6-7-10-28(41)34(44)29(42)12-11-23-18-27(33(43)30(19-23)45-2)32-26-14-17-39-35-31(26)24(13-16-38-35)20-36(32,22-40)21-25-9-8-15-37-25/h8-9,15,18-20,26,31-32,34-35,37-40,43-44H,3-7,10-14,16-17,21-22H2,1-2H3/t26-,31-,32+,34+,35+,36+/m1/s1. The van der Waals surface area contributed by atoms with Crippen molar-refractivity contribution in [2.75, 3.05) is 26.8 Å². The number of aromatic amines is 1. The van der Waals surface area contributed by atoms with Gasteiger partial charge in [0.1, 0.15) is 0 Å². The van der Waals surface area contributed by atoms with Gasteiger partial charge in [-0.05, 0) is 68.3 Å². The molecule has 9 heteroatoms. The maximum absolute atomic E-state index is 12.9. The van der Waals surface area contributed by atoms with Crippen molar-refractivity contribution in [3.63, 3.8) is 0 Å². The number of H-pyrrole nitrogens is 1. The van der Waals surface area contributed by atoms with Gasteiger partial charge in [0, 0.05) is 54.1 Å². The van der Waals surface area contributed by atoms with Crippen LogP contribution in [0, 0.1) is 17.3 Å². The van der Waals surface area contributed by atoms with Gasteiger partial charge in [0.2, 0.25) is 0 Å². The minimum atomic E-state index is -1.61. The Balaban J connectivity index is 1.44. The summed E-state index contributed by atoms with van der Waals surface area (Å²) in [6.45, 7) is 3.73. The predicted molar refractivity (Wildman–Crippen MR) is 173 cm³/mol. The SMILES string of the molecule is CCCCCCCC(=O)[C@H](O)C(=O)CCc1cc(OC)c(O)c([C@@H]2[C@@H]3CCN[C@@H]4NCCC(=C[C@@]2(CO)Cc2ccc[nH]2)[C@@H]43)c1. The third-order valence-electron chi connectivity index (χ3n) is 10.4. The van der Waals surface area contributed by atoms with Gasteiger partial charge in [0.05, 0.1) is 19.9 Å². The molecule has 3 heterocycles. The molecule has 5 rings (SSSR count). The van der Waals surface area contributed by atoms with Crippen LogP contribution in [0.4, 0.5) is 0 Å². The van der Waals surface area contributed by atoms with E-state index in [1.165, 1.54) is 12.7 Å². The predicted octanol–water partition coefficient (Wildman–Crippen LogP) is 4.31. The number of Topliss-reactive ketones (excluding diaryl/α,β-unsaturated/α-hetero) is 2. The topological polar surface area (TPSA) is 144 Å². The number of rotatable bonds is 16. The van der Waals surface area contributed by atoms with Crippen molar-refractivity contribution >= 4 is 11.6 Å². The van der Waals surface area contributed by atoms with Crippen molar-refractivity contribution in [2.24, 2.45) is 17.3 Å². The number of piperidine rings is 2. The van der Waals surface area contributed by atoms with Crippen molar-refractivity contribution in [2.45, 2.75) is 95.7 Å². The summed E-state index contributed by atoms with van der Waals surface area (Å²) >= 11 is 0. The number of carbonyl (C=O) groups excluding carboxylic acids is 2. The van der Waals surface area contributed by atoms with Crippen LogP contribution in [0.2, 0.25) is 0 Å². The maximum atomic E-state index is 12.9. The molecule has 0 radical (unpaired) electrons. The maximum Gasteiger partial charge on any atom is 0.170 e. The van der Waals surface area contributed by atoms with E-state index < -0.39 is 23.1 Å². The molecule has 1 aliphatic carbocycles. The minimum absolute atomic E-state index is 0.000411. The van der Waals surface area contributed by atoms with Crippen LogP contribution in [0.3, 0.4) is 0 Å². The smallest absolute Gasteiger partial charge is 0.170 e. The fraction of sp³-hybridized carbons (Fsp3) is 0.611. The summed E-state index contributed by atoms with van der Waals surface area (Å²) in [5, 5.41) is 40.7. The number of hydrogen-bond acceptors (Lipinski definition) is 8. The van der Waals surface area contributed by atoms with Gasteiger partial charge in [-0.3, -0.25) is 9.59 Å². The summed E-state index contributed by atoms with van der Waals surface area (Å²) in [5.74, 6) is -0.395. The molecule has 3 aliphatic rings. The molecule has 1 aromatic heterocycles. The Morgan fingerprint density at radius 3 is 2.60 bits per heavy atom. The van der Waals surface area contributed by atoms with E-state index in [-0.39, 0.29) is 49.1 Å². The molecule has 0 amide bonds. The summed E-state index contributed by atoms with van der Waals surface area (Å²) in [4.78, 5) is 28.8. The van der Waals surface area contributed by atoms with Crippen LogP contribution in [0.1, 0.15) is 87.4 Å². The largest absolute Gasteiger partial charge is 0.504 e. The van der Waals surface area contributed by atoms with E-state index in [0.29, 0.717) is 30.6 Å². The van der Waals surface area contributed by atoms with E-state index in [1.807, 2.05) is 24.4 Å². The Bertz CT molecular complexity index is 1340. The van der Waals surface area contributed by atoms with E-state index in [2.05, 4.69) is 28.6 Å². The Morgan fingerprint density at radius 1 is 1.09 bits per heavy atom. The van der Waals surface area contributed by atoms with Crippen LogP contribution in [-0.2, 0) is 22.4 Å². The molecular weight excluding hydrogens is 570 g/mol. The molecule has 1 aromatic carbocycles. The van der Waals surface area contributed by atoms with Gasteiger partial charge in [-0.15, -0.1) is 0 Å². The third kappa shape index (κ3) is 7.22. The zero-order valence-corrected chi connectivity index (χ0v) is 26.8. The van der Waals surface area contributed by atoms with Crippen molar-refractivity contribution in [1.82, 2.24) is 15.6 Å². The number of aryl methyl sites for hydroxylation is 1. The first kappa shape index (κ1) is 33.4. The Morgan fingerprint density at radius 2 is 1.87 bits per heavy atom. The highest BCUT2D eigenvalue weighted by Gasteiger charge is 2.54. The van der Waals surface area contributed by atoms with Gasteiger partial charge in [-0.25, -0.2) is 0 Å². The lowest BCUT2D eigenvalue weighted by molar-refractivity contribution is -0.138. The lowest BCUT2D eigenvalue weighted by Crippen LogP contribution is -2.61. The number of aliphatic hydroxyl groups excluding tert-OH is 2. The van der Waals surface area contributed by atoms with Crippen molar-refractivity contribution in [3.05, 3.63) is 58.9 Å². The average molecular weight is 622 g/mol. The van der Waals surface area contributed by atoms with E-state index in [9.17, 15) is 24.9 Å². The second kappa shape index (κ2) is 15.1. The number of aromatic hydroxyl groups is 1. The van der Waals surface area contributed by atoms with E-state index in [0.717, 1.165) is 62.9 Å². The first-order chi connectivity index (χ1) is 21.8. The van der Waals surface area contributed by atoms with E-state index in [4.69, 9.17) is 4.74 Å². The molecule has 2 aliphatic heterocycles. The highest BCUT2D eigenvalue weighted by molar-refractivity contribution is 6.05. The van der Waals surface area contributed by atoms with Crippen LogP contribution in [0.5, 0.6) is 11.5 Å². The summed E-state index contributed by atoms with van der Waals surface area (Å²) in [5.41, 5.74) is 3.18. The molecule has 0 bridgehead atoms. The number of nitrogens with one attached hydrogen (secondary N) is 3. The van der Waals surface area contributed by atoms with Crippen molar-refractivity contribution < 1.29 is 29.6 Å². The Labute approximate surface area is 266 Å². The zero-order valence-electron chi connectivity index (χ0n) is 26.8. The molecule has 2 saturated heterocycles. The van der Waals surface area contributed by atoms with Crippen LogP contribution < -0.4 is 15.4 Å². The quantitative estimate of drug-likeness (QED) is 0.0925. The van der Waals surface area contributed by atoms with E-state index >= 15 is 0 Å². The van der Waals surface area contributed by atoms with Crippen LogP contribution >= 0.6 is 0 Å².